The molecule has 0 unspecified atom stereocenters. The molecular weight excluding hydrogens is 257 g/mol. The summed E-state index contributed by atoms with van der Waals surface area (Å²) in [6.45, 7) is -0.526. The Labute approximate surface area is 106 Å². The number of rotatable bonds is 2. The smallest absolute Gasteiger partial charge is 0.260 e. The number of ether oxygens (including phenoxy) is 1. The van der Waals surface area contributed by atoms with Crippen LogP contribution >= 0.6 is 0 Å². The number of halogens is 1. The van der Waals surface area contributed by atoms with Crippen molar-refractivity contribution in [1.82, 2.24) is 14.5 Å². The topological polar surface area (TPSA) is 100 Å². The Hall–Kier alpha value is -1.77. The number of aromatic amines is 1. The molecule has 0 aromatic carbocycles. The van der Waals surface area contributed by atoms with Crippen molar-refractivity contribution in [2.75, 3.05) is 6.61 Å². The van der Waals surface area contributed by atoms with E-state index in [1.54, 1.807) is 0 Å². The molecule has 0 aliphatic carbocycles. The maximum Gasteiger partial charge on any atom is 0.260 e. The first-order chi connectivity index (χ1) is 9.13. The van der Waals surface area contributed by atoms with E-state index in [0.717, 1.165) is 0 Å². The molecule has 8 heteroatoms. The first-order valence-electron chi connectivity index (χ1n) is 5.76. The molecule has 19 heavy (non-hydrogen) atoms. The number of alkyl halides is 1. The third-order valence-electron chi connectivity index (χ3n) is 3.26. The Morgan fingerprint density at radius 1 is 1.58 bits per heavy atom. The van der Waals surface area contributed by atoms with Crippen LogP contribution in [-0.4, -0.2) is 49.7 Å². The second kappa shape index (κ2) is 4.41. The highest BCUT2D eigenvalue weighted by Gasteiger charge is 2.45. The SMILES string of the molecule is O=c1[nH]cnc2c1ccn2[C@@H]1O[C@H](CO)[C@@H](F)[C@H]1O. The van der Waals surface area contributed by atoms with Gasteiger partial charge in [-0.15, -0.1) is 0 Å². The number of nitrogens with one attached hydrogen (secondary N) is 1. The first-order valence-corrected chi connectivity index (χ1v) is 5.76. The van der Waals surface area contributed by atoms with E-state index >= 15 is 0 Å². The lowest BCUT2D eigenvalue weighted by molar-refractivity contribution is -0.0492. The van der Waals surface area contributed by atoms with Crippen LogP contribution in [0.3, 0.4) is 0 Å². The molecule has 1 fully saturated rings. The van der Waals surface area contributed by atoms with Gasteiger partial charge < -0.3 is 24.5 Å². The van der Waals surface area contributed by atoms with Crippen LogP contribution in [0.5, 0.6) is 0 Å². The molecule has 1 aliphatic heterocycles. The van der Waals surface area contributed by atoms with E-state index in [9.17, 15) is 14.3 Å². The minimum atomic E-state index is -1.69. The minimum absolute atomic E-state index is 0.290. The van der Waals surface area contributed by atoms with Gasteiger partial charge in [-0.3, -0.25) is 4.79 Å². The van der Waals surface area contributed by atoms with E-state index in [-0.39, 0.29) is 5.56 Å². The average molecular weight is 269 g/mol. The van der Waals surface area contributed by atoms with Crippen LogP contribution in [0.15, 0.2) is 23.4 Å². The maximum atomic E-state index is 13.7. The Morgan fingerprint density at radius 3 is 3.05 bits per heavy atom. The molecule has 0 amide bonds. The van der Waals surface area contributed by atoms with Crippen molar-refractivity contribution in [3.8, 4) is 0 Å². The summed E-state index contributed by atoms with van der Waals surface area (Å²) < 4.78 is 20.3. The summed E-state index contributed by atoms with van der Waals surface area (Å²) in [5, 5.41) is 19.1. The van der Waals surface area contributed by atoms with Crippen LogP contribution in [0.4, 0.5) is 4.39 Å². The zero-order valence-corrected chi connectivity index (χ0v) is 9.73. The molecule has 0 spiro atoms. The molecule has 3 heterocycles. The van der Waals surface area contributed by atoms with Gasteiger partial charge in [0.25, 0.3) is 5.56 Å². The van der Waals surface area contributed by atoms with Gasteiger partial charge in [-0.25, -0.2) is 9.37 Å². The highest BCUT2D eigenvalue weighted by atomic mass is 19.1. The van der Waals surface area contributed by atoms with Crippen molar-refractivity contribution < 1.29 is 19.3 Å². The van der Waals surface area contributed by atoms with E-state index in [0.29, 0.717) is 11.0 Å². The third-order valence-corrected chi connectivity index (χ3v) is 3.26. The molecule has 0 bridgehead atoms. The average Bonchev–Trinajstić information content (AvgIpc) is 2.94. The van der Waals surface area contributed by atoms with E-state index in [4.69, 9.17) is 9.84 Å². The summed E-state index contributed by atoms with van der Waals surface area (Å²) >= 11 is 0. The van der Waals surface area contributed by atoms with Crippen molar-refractivity contribution in [3.05, 3.63) is 28.9 Å². The first kappa shape index (κ1) is 12.3. The molecular formula is C11H12FN3O4. The Bertz CT molecular complexity index is 655. The fourth-order valence-electron chi connectivity index (χ4n) is 2.27. The lowest BCUT2D eigenvalue weighted by Gasteiger charge is -2.16. The van der Waals surface area contributed by atoms with Gasteiger partial charge in [0.1, 0.15) is 17.9 Å². The molecule has 102 valence electrons. The van der Waals surface area contributed by atoms with Gasteiger partial charge in [0.05, 0.1) is 18.3 Å². The van der Waals surface area contributed by atoms with Crippen LogP contribution in [0.1, 0.15) is 6.23 Å². The summed E-state index contributed by atoms with van der Waals surface area (Å²) in [4.78, 5) is 18.0. The lowest BCUT2D eigenvalue weighted by Crippen LogP contribution is -2.29. The van der Waals surface area contributed by atoms with Gasteiger partial charge in [-0.2, -0.15) is 0 Å². The van der Waals surface area contributed by atoms with Gasteiger partial charge in [0.2, 0.25) is 0 Å². The van der Waals surface area contributed by atoms with Crippen LogP contribution in [0, 0.1) is 0 Å². The predicted octanol–water partition coefficient (Wildman–Crippen LogP) is -0.687. The summed E-state index contributed by atoms with van der Waals surface area (Å²) in [5.41, 5.74) is -0.0367. The molecule has 1 aliphatic rings. The normalized spacial score (nSPS) is 31.1. The predicted molar refractivity (Wildman–Crippen MR) is 62.3 cm³/mol. The number of H-pyrrole nitrogens is 1. The number of fused-ring (bicyclic) bond motifs is 1. The molecule has 0 radical (unpaired) electrons. The van der Waals surface area contributed by atoms with Crippen molar-refractivity contribution in [2.24, 2.45) is 0 Å². The van der Waals surface area contributed by atoms with Gasteiger partial charge in [-0.05, 0) is 6.07 Å². The van der Waals surface area contributed by atoms with Crippen LogP contribution < -0.4 is 5.56 Å². The number of nitrogens with zero attached hydrogens (tertiary/aromatic N) is 2. The zero-order chi connectivity index (χ0) is 13.6. The number of aliphatic hydroxyl groups is 2. The summed E-state index contributed by atoms with van der Waals surface area (Å²) in [7, 11) is 0. The standard InChI is InChI=1S/C11H12FN3O4/c12-7-6(3-16)19-11(8(7)17)15-2-1-5-9(15)13-4-14-10(5)18/h1-2,4,6-8,11,16-17H,3H2,(H,13,14,18)/t6-,7-,8-,11-/m1/s1. The lowest BCUT2D eigenvalue weighted by atomic mass is 10.1. The third kappa shape index (κ3) is 1.76. The van der Waals surface area contributed by atoms with Gasteiger partial charge in [0, 0.05) is 6.20 Å². The number of aliphatic hydroxyl groups excluding tert-OH is 2. The molecule has 2 aromatic heterocycles. The van der Waals surface area contributed by atoms with E-state index in [1.165, 1.54) is 23.2 Å². The molecule has 3 N–H and O–H groups in total. The zero-order valence-electron chi connectivity index (χ0n) is 9.73. The van der Waals surface area contributed by atoms with Crippen molar-refractivity contribution in [3.63, 3.8) is 0 Å². The molecule has 7 nitrogen and oxygen atoms in total. The second-order valence-corrected chi connectivity index (χ2v) is 4.37. The fourth-order valence-corrected chi connectivity index (χ4v) is 2.27. The number of hydrogen-bond donors (Lipinski definition) is 3. The molecule has 4 atom stereocenters. The monoisotopic (exact) mass is 269 g/mol. The van der Waals surface area contributed by atoms with Crippen molar-refractivity contribution >= 4 is 11.0 Å². The summed E-state index contributed by atoms with van der Waals surface area (Å²) in [6.07, 6.45) is -2.49. The molecule has 3 rings (SSSR count). The summed E-state index contributed by atoms with van der Waals surface area (Å²) in [5.74, 6) is 0. The van der Waals surface area contributed by atoms with Gasteiger partial charge >= 0.3 is 0 Å². The van der Waals surface area contributed by atoms with Crippen LogP contribution in [0.25, 0.3) is 11.0 Å². The Morgan fingerprint density at radius 2 is 2.37 bits per heavy atom. The second-order valence-electron chi connectivity index (χ2n) is 4.37. The molecule has 0 saturated carbocycles. The van der Waals surface area contributed by atoms with Crippen molar-refractivity contribution in [2.45, 2.75) is 24.6 Å². The summed E-state index contributed by atoms with van der Waals surface area (Å²) in [6, 6.07) is 1.51. The van der Waals surface area contributed by atoms with Crippen LogP contribution in [-0.2, 0) is 4.74 Å². The van der Waals surface area contributed by atoms with Gasteiger partial charge in [0.15, 0.2) is 12.4 Å². The molecule has 2 aromatic rings. The number of aromatic nitrogens is 3. The highest BCUT2D eigenvalue weighted by Crippen LogP contribution is 2.32. The Kier molecular flexibility index (Phi) is 2.85. The van der Waals surface area contributed by atoms with E-state index in [1.807, 2.05) is 0 Å². The van der Waals surface area contributed by atoms with Crippen molar-refractivity contribution in [1.29, 1.82) is 0 Å². The highest BCUT2D eigenvalue weighted by molar-refractivity contribution is 5.74. The minimum Gasteiger partial charge on any atom is -0.394 e. The van der Waals surface area contributed by atoms with Crippen LogP contribution in [0.2, 0.25) is 0 Å². The quantitative estimate of drug-likeness (QED) is 0.670. The van der Waals surface area contributed by atoms with E-state index < -0.39 is 31.2 Å². The Balaban J connectivity index is 2.06. The van der Waals surface area contributed by atoms with Gasteiger partial charge in [-0.1, -0.05) is 0 Å². The molecule has 1 saturated heterocycles. The maximum absolute atomic E-state index is 13.7. The largest absolute Gasteiger partial charge is 0.394 e. The fraction of sp³-hybridized carbons (Fsp3) is 0.455. The van der Waals surface area contributed by atoms with E-state index in [2.05, 4.69) is 9.97 Å². The number of hydrogen-bond acceptors (Lipinski definition) is 5.